The van der Waals surface area contributed by atoms with Crippen LogP contribution in [0.3, 0.4) is 0 Å². The number of carbonyl (C=O) groups is 2. The van der Waals surface area contributed by atoms with E-state index in [0.29, 0.717) is 43.3 Å². The van der Waals surface area contributed by atoms with E-state index in [1.165, 1.54) is 0 Å². The minimum absolute atomic E-state index is 0.0632. The number of nitrogens with zero attached hydrogens (tertiary/aromatic N) is 1. The first-order valence-electron chi connectivity index (χ1n) is 9.92. The molecular weight excluding hydrogens is 388 g/mol. The number of carbonyl (C=O) groups excluding carboxylic acids is 2. The molecule has 0 unspecified atom stereocenters. The minimum Gasteiger partial charge on any atom is -0.494 e. The number of aryl methyl sites for hydroxylation is 1. The number of halogens is 1. The van der Waals surface area contributed by atoms with E-state index in [1.54, 1.807) is 36.1 Å². The smallest absolute Gasteiger partial charge is 0.242 e. The summed E-state index contributed by atoms with van der Waals surface area (Å²) in [5.74, 6) is 0.507. The summed E-state index contributed by atoms with van der Waals surface area (Å²) in [7, 11) is 0. The first-order chi connectivity index (χ1) is 13.9. The van der Waals surface area contributed by atoms with Gasteiger partial charge in [0.2, 0.25) is 11.8 Å². The quantitative estimate of drug-likeness (QED) is 0.585. The van der Waals surface area contributed by atoms with Crippen molar-refractivity contribution in [2.75, 3.05) is 13.2 Å². The molecule has 1 N–H and O–H groups in total. The summed E-state index contributed by atoms with van der Waals surface area (Å²) in [6.45, 7) is 7.00. The number of amides is 2. The summed E-state index contributed by atoms with van der Waals surface area (Å²) < 4.78 is 5.67. The molecule has 0 bridgehead atoms. The molecule has 1 atom stereocenters. The van der Waals surface area contributed by atoms with Gasteiger partial charge in [-0.05, 0) is 62.6 Å². The third-order valence-electron chi connectivity index (χ3n) is 4.74. The van der Waals surface area contributed by atoms with Gasteiger partial charge in [0.15, 0.2) is 0 Å². The Labute approximate surface area is 178 Å². The van der Waals surface area contributed by atoms with Gasteiger partial charge in [-0.3, -0.25) is 9.59 Å². The number of likely N-dealkylation sites (N-methyl/N-ethyl adjacent to an activating group) is 1. The van der Waals surface area contributed by atoms with Crippen molar-refractivity contribution in [1.82, 2.24) is 10.2 Å². The predicted molar refractivity (Wildman–Crippen MR) is 116 cm³/mol. The van der Waals surface area contributed by atoms with E-state index >= 15 is 0 Å². The maximum Gasteiger partial charge on any atom is 0.242 e. The lowest BCUT2D eigenvalue weighted by atomic mass is 10.1. The van der Waals surface area contributed by atoms with Crippen LogP contribution in [0.25, 0.3) is 0 Å². The highest BCUT2D eigenvalue weighted by molar-refractivity contribution is 6.30. The molecule has 0 saturated carbocycles. The van der Waals surface area contributed by atoms with Crippen molar-refractivity contribution in [3.63, 3.8) is 0 Å². The topological polar surface area (TPSA) is 58.6 Å². The van der Waals surface area contributed by atoms with Crippen LogP contribution < -0.4 is 10.1 Å². The highest BCUT2D eigenvalue weighted by Gasteiger charge is 2.25. The molecule has 0 spiro atoms. The molecule has 0 radical (unpaired) electrons. The lowest BCUT2D eigenvalue weighted by molar-refractivity contribution is -0.140. The molecule has 0 aliphatic heterocycles. The van der Waals surface area contributed by atoms with Crippen LogP contribution in [0.1, 0.15) is 37.8 Å². The van der Waals surface area contributed by atoms with Gasteiger partial charge < -0.3 is 15.0 Å². The third kappa shape index (κ3) is 7.09. The molecule has 6 heteroatoms. The third-order valence-corrected chi connectivity index (χ3v) is 4.99. The summed E-state index contributed by atoms with van der Waals surface area (Å²) in [6, 6.07) is 14.5. The standard InChI is InChI=1S/C23H29ClN2O3/c1-4-25-23(28)18(3)26(16-19-9-6-5-8-17(19)2)22(27)10-7-15-29-21-13-11-20(24)12-14-21/h5-6,8-9,11-14,18H,4,7,10,15-16H2,1-3H3,(H,25,28)/t18-/m0/s1. The molecule has 2 rings (SSSR count). The van der Waals surface area contributed by atoms with Crippen LogP contribution in [0.4, 0.5) is 0 Å². The molecule has 156 valence electrons. The lowest BCUT2D eigenvalue weighted by Crippen LogP contribution is -2.47. The number of hydrogen-bond acceptors (Lipinski definition) is 3. The Bertz CT molecular complexity index is 808. The maximum atomic E-state index is 12.9. The van der Waals surface area contributed by atoms with E-state index < -0.39 is 6.04 Å². The van der Waals surface area contributed by atoms with E-state index in [9.17, 15) is 9.59 Å². The maximum absolute atomic E-state index is 12.9. The average molecular weight is 417 g/mol. The van der Waals surface area contributed by atoms with E-state index in [1.807, 2.05) is 38.1 Å². The summed E-state index contributed by atoms with van der Waals surface area (Å²) in [5.41, 5.74) is 2.13. The fourth-order valence-corrected chi connectivity index (χ4v) is 3.09. The SMILES string of the molecule is CCNC(=O)[C@H](C)N(Cc1ccccc1C)C(=O)CCCOc1ccc(Cl)cc1. The largest absolute Gasteiger partial charge is 0.494 e. The minimum atomic E-state index is -0.542. The van der Waals surface area contributed by atoms with Crippen LogP contribution in [0, 0.1) is 6.92 Å². The van der Waals surface area contributed by atoms with E-state index in [-0.39, 0.29) is 11.8 Å². The van der Waals surface area contributed by atoms with Crippen LogP contribution in [0.15, 0.2) is 48.5 Å². The average Bonchev–Trinajstić information content (AvgIpc) is 2.71. The summed E-state index contributed by atoms with van der Waals surface area (Å²) in [4.78, 5) is 27.0. The fraction of sp³-hybridized carbons (Fsp3) is 0.391. The Kier molecular flexibility index (Phi) is 9.00. The van der Waals surface area contributed by atoms with Crippen molar-refractivity contribution >= 4 is 23.4 Å². The van der Waals surface area contributed by atoms with E-state index in [4.69, 9.17) is 16.3 Å². The Morgan fingerprint density at radius 3 is 2.48 bits per heavy atom. The monoisotopic (exact) mass is 416 g/mol. The zero-order chi connectivity index (χ0) is 21.2. The molecule has 0 saturated heterocycles. The molecule has 2 aromatic rings. The van der Waals surface area contributed by atoms with Crippen LogP contribution in [-0.2, 0) is 16.1 Å². The van der Waals surface area contributed by atoms with Crippen molar-refractivity contribution < 1.29 is 14.3 Å². The molecule has 5 nitrogen and oxygen atoms in total. The molecule has 0 aliphatic carbocycles. The first-order valence-corrected chi connectivity index (χ1v) is 10.3. The molecule has 2 aromatic carbocycles. The number of rotatable bonds is 10. The molecule has 0 fully saturated rings. The molecule has 0 aromatic heterocycles. The van der Waals surface area contributed by atoms with Gasteiger partial charge >= 0.3 is 0 Å². The summed E-state index contributed by atoms with van der Waals surface area (Å²) in [5, 5.41) is 3.46. The van der Waals surface area contributed by atoms with Gasteiger partial charge in [0.05, 0.1) is 6.61 Å². The van der Waals surface area contributed by atoms with Crippen molar-refractivity contribution in [3.05, 3.63) is 64.7 Å². The molecule has 2 amide bonds. The summed E-state index contributed by atoms with van der Waals surface area (Å²) >= 11 is 5.87. The van der Waals surface area contributed by atoms with Gasteiger partial charge in [-0.25, -0.2) is 0 Å². The van der Waals surface area contributed by atoms with Crippen molar-refractivity contribution in [3.8, 4) is 5.75 Å². The number of ether oxygens (including phenoxy) is 1. The van der Waals surface area contributed by atoms with Gasteiger partial charge in [0, 0.05) is 24.5 Å². The zero-order valence-corrected chi connectivity index (χ0v) is 18.0. The van der Waals surface area contributed by atoms with Gasteiger partial charge in [-0.1, -0.05) is 35.9 Å². The lowest BCUT2D eigenvalue weighted by Gasteiger charge is -2.29. The van der Waals surface area contributed by atoms with E-state index in [2.05, 4.69) is 5.32 Å². The predicted octanol–water partition coefficient (Wildman–Crippen LogP) is 4.36. The van der Waals surface area contributed by atoms with Crippen molar-refractivity contribution in [2.24, 2.45) is 0 Å². The number of benzene rings is 2. The normalized spacial score (nSPS) is 11.6. The molecular formula is C23H29ClN2O3. The fourth-order valence-electron chi connectivity index (χ4n) is 2.96. The van der Waals surface area contributed by atoms with E-state index in [0.717, 1.165) is 11.1 Å². The van der Waals surface area contributed by atoms with Crippen LogP contribution in [-0.4, -0.2) is 35.9 Å². The molecule has 0 heterocycles. The van der Waals surface area contributed by atoms with Crippen molar-refractivity contribution in [2.45, 2.75) is 46.2 Å². The second-order valence-electron chi connectivity index (χ2n) is 6.92. The highest BCUT2D eigenvalue weighted by atomic mass is 35.5. The zero-order valence-electron chi connectivity index (χ0n) is 17.3. The highest BCUT2D eigenvalue weighted by Crippen LogP contribution is 2.17. The van der Waals surface area contributed by atoms with Gasteiger partial charge in [-0.2, -0.15) is 0 Å². The second kappa shape index (κ2) is 11.5. The molecule has 29 heavy (non-hydrogen) atoms. The van der Waals surface area contributed by atoms with Crippen molar-refractivity contribution in [1.29, 1.82) is 0 Å². The first kappa shape index (κ1) is 22.8. The molecule has 0 aliphatic rings. The number of nitrogens with one attached hydrogen (secondary N) is 1. The second-order valence-corrected chi connectivity index (χ2v) is 7.36. The summed E-state index contributed by atoms with van der Waals surface area (Å²) in [6.07, 6.45) is 0.872. The Balaban J connectivity index is 1.98. The van der Waals surface area contributed by atoms with Crippen LogP contribution in [0.5, 0.6) is 5.75 Å². The Hall–Kier alpha value is -2.53. The van der Waals surface area contributed by atoms with Gasteiger partial charge in [0.1, 0.15) is 11.8 Å². The number of hydrogen-bond donors (Lipinski definition) is 1. The van der Waals surface area contributed by atoms with Crippen LogP contribution >= 0.6 is 11.6 Å². The Morgan fingerprint density at radius 1 is 1.14 bits per heavy atom. The van der Waals surface area contributed by atoms with Gasteiger partial charge in [0.25, 0.3) is 0 Å². The van der Waals surface area contributed by atoms with Crippen LogP contribution in [0.2, 0.25) is 5.02 Å². The Morgan fingerprint density at radius 2 is 1.83 bits per heavy atom. The van der Waals surface area contributed by atoms with Gasteiger partial charge in [-0.15, -0.1) is 0 Å².